The van der Waals surface area contributed by atoms with Crippen LogP contribution in [-0.4, -0.2) is 22.6 Å². The van der Waals surface area contributed by atoms with Gasteiger partial charge >= 0.3 is 5.97 Å². The second-order valence-corrected chi connectivity index (χ2v) is 3.57. The summed E-state index contributed by atoms with van der Waals surface area (Å²) in [7, 11) is 0. The first-order valence-corrected chi connectivity index (χ1v) is 5.55. The van der Waals surface area contributed by atoms with E-state index in [4.69, 9.17) is 5.11 Å². The summed E-state index contributed by atoms with van der Waals surface area (Å²) < 4.78 is 0. The van der Waals surface area contributed by atoms with Crippen molar-refractivity contribution in [2.75, 3.05) is 11.9 Å². The number of nitrogens with one attached hydrogen (secondary N) is 1. The molecular formula is C13H16N2O2. The van der Waals surface area contributed by atoms with Crippen molar-refractivity contribution in [2.24, 2.45) is 0 Å². The maximum atomic E-state index is 11.0. The van der Waals surface area contributed by atoms with Gasteiger partial charge in [-0.2, -0.15) is 0 Å². The molecule has 0 aromatic carbocycles. The summed E-state index contributed by atoms with van der Waals surface area (Å²) in [5, 5.41) is 12.0. The molecule has 0 amide bonds. The van der Waals surface area contributed by atoms with Gasteiger partial charge in [-0.05, 0) is 25.5 Å². The number of hydrogen-bond acceptors (Lipinski definition) is 3. The van der Waals surface area contributed by atoms with Crippen LogP contribution in [0.5, 0.6) is 0 Å². The van der Waals surface area contributed by atoms with Gasteiger partial charge in [0.15, 0.2) is 0 Å². The molecule has 0 aliphatic carbocycles. The molecule has 1 aromatic rings. The Morgan fingerprint density at radius 3 is 2.88 bits per heavy atom. The van der Waals surface area contributed by atoms with Crippen molar-refractivity contribution in [3.8, 4) is 11.8 Å². The van der Waals surface area contributed by atoms with Gasteiger partial charge in [0.25, 0.3) is 0 Å². The minimum Gasteiger partial charge on any atom is -0.478 e. The van der Waals surface area contributed by atoms with Crippen LogP contribution in [0.15, 0.2) is 12.1 Å². The van der Waals surface area contributed by atoms with Gasteiger partial charge in [0, 0.05) is 5.69 Å². The third kappa shape index (κ3) is 4.15. The molecule has 1 aromatic heterocycles. The highest BCUT2D eigenvalue weighted by molar-refractivity contribution is 5.88. The number of pyridine rings is 1. The fourth-order valence-corrected chi connectivity index (χ4v) is 1.41. The first kappa shape index (κ1) is 13.0. The highest BCUT2D eigenvalue weighted by Gasteiger charge is 2.07. The second kappa shape index (κ2) is 6.54. The van der Waals surface area contributed by atoms with Gasteiger partial charge < -0.3 is 10.4 Å². The van der Waals surface area contributed by atoms with Gasteiger partial charge in [-0.1, -0.05) is 19.3 Å². The fraction of sp³-hybridized carbons (Fsp3) is 0.385. The van der Waals surface area contributed by atoms with Gasteiger partial charge in [-0.15, -0.1) is 5.92 Å². The van der Waals surface area contributed by atoms with E-state index in [-0.39, 0.29) is 5.56 Å². The molecular weight excluding hydrogens is 216 g/mol. The van der Waals surface area contributed by atoms with Gasteiger partial charge in [-0.25, -0.2) is 9.78 Å². The topological polar surface area (TPSA) is 62.2 Å². The summed E-state index contributed by atoms with van der Waals surface area (Å²) in [6.07, 6.45) is 1.71. The summed E-state index contributed by atoms with van der Waals surface area (Å²) >= 11 is 0. The molecule has 1 heterocycles. The molecule has 0 unspecified atom stereocenters. The predicted molar refractivity (Wildman–Crippen MR) is 67.1 cm³/mol. The minimum atomic E-state index is -0.936. The van der Waals surface area contributed by atoms with Crippen LogP contribution in [0.4, 0.5) is 5.82 Å². The number of rotatable bonds is 5. The second-order valence-electron chi connectivity index (χ2n) is 3.57. The number of aromatic carboxylic acids is 1. The van der Waals surface area contributed by atoms with Crippen molar-refractivity contribution < 1.29 is 9.90 Å². The van der Waals surface area contributed by atoms with Crippen LogP contribution in [0.2, 0.25) is 0 Å². The lowest BCUT2D eigenvalue weighted by molar-refractivity contribution is 0.0696. The van der Waals surface area contributed by atoms with E-state index in [0.717, 1.165) is 18.5 Å². The highest BCUT2D eigenvalue weighted by atomic mass is 16.4. The van der Waals surface area contributed by atoms with E-state index in [2.05, 4.69) is 22.1 Å². The number of carbonyl (C=O) groups is 1. The van der Waals surface area contributed by atoms with E-state index in [0.29, 0.717) is 12.4 Å². The molecule has 2 N–H and O–H groups in total. The first-order valence-electron chi connectivity index (χ1n) is 5.55. The molecule has 0 saturated heterocycles. The van der Waals surface area contributed by atoms with Crippen LogP contribution in [0.1, 0.15) is 36.3 Å². The lowest BCUT2D eigenvalue weighted by Gasteiger charge is -2.06. The van der Waals surface area contributed by atoms with Gasteiger partial charge in [0.1, 0.15) is 5.82 Å². The summed E-state index contributed by atoms with van der Waals surface area (Å²) in [5.74, 6) is 5.24. The molecule has 4 nitrogen and oxygen atoms in total. The molecule has 4 heteroatoms. The van der Waals surface area contributed by atoms with Crippen LogP contribution in [0.25, 0.3) is 0 Å². The van der Waals surface area contributed by atoms with E-state index in [9.17, 15) is 4.79 Å². The molecule has 17 heavy (non-hydrogen) atoms. The van der Waals surface area contributed by atoms with Crippen molar-refractivity contribution in [1.29, 1.82) is 0 Å². The maximum absolute atomic E-state index is 11.0. The Kier molecular flexibility index (Phi) is 5.02. The van der Waals surface area contributed by atoms with Crippen molar-refractivity contribution in [1.82, 2.24) is 4.98 Å². The first-order chi connectivity index (χ1) is 8.17. The smallest absolute Gasteiger partial charge is 0.335 e. The zero-order valence-electron chi connectivity index (χ0n) is 10.1. The summed E-state index contributed by atoms with van der Waals surface area (Å²) in [5.41, 5.74) is 1.05. The largest absolute Gasteiger partial charge is 0.478 e. The number of carboxylic acids is 1. The van der Waals surface area contributed by atoms with E-state index >= 15 is 0 Å². The highest BCUT2D eigenvalue weighted by Crippen LogP contribution is 2.12. The Hall–Kier alpha value is -2.02. The molecule has 0 aliphatic rings. The van der Waals surface area contributed by atoms with Gasteiger partial charge in [-0.3, -0.25) is 0 Å². The van der Waals surface area contributed by atoms with E-state index in [1.807, 2.05) is 6.92 Å². The van der Waals surface area contributed by atoms with Gasteiger partial charge in [0.05, 0.1) is 12.1 Å². The lowest BCUT2D eigenvalue weighted by Crippen LogP contribution is -2.06. The molecule has 0 fully saturated rings. The summed E-state index contributed by atoms with van der Waals surface area (Å²) in [6.45, 7) is 4.26. The number of hydrogen-bond donors (Lipinski definition) is 2. The van der Waals surface area contributed by atoms with E-state index < -0.39 is 5.97 Å². The minimum absolute atomic E-state index is 0.260. The Bertz CT molecular complexity index is 458. The van der Waals surface area contributed by atoms with Crippen LogP contribution in [0.3, 0.4) is 0 Å². The summed E-state index contributed by atoms with van der Waals surface area (Å²) in [6, 6.07) is 3.14. The average molecular weight is 232 g/mol. The average Bonchev–Trinajstić information content (AvgIpc) is 2.29. The third-order valence-corrected chi connectivity index (χ3v) is 2.17. The fourth-order valence-electron chi connectivity index (χ4n) is 1.41. The van der Waals surface area contributed by atoms with Crippen LogP contribution in [-0.2, 0) is 6.42 Å². The quantitative estimate of drug-likeness (QED) is 0.764. The van der Waals surface area contributed by atoms with Crippen LogP contribution < -0.4 is 5.32 Å². The monoisotopic (exact) mass is 232 g/mol. The van der Waals surface area contributed by atoms with Crippen molar-refractivity contribution in [3.05, 3.63) is 23.4 Å². The molecule has 0 atom stereocenters. The molecule has 1 rings (SSSR count). The zero-order chi connectivity index (χ0) is 12.7. The molecule has 0 aliphatic heterocycles. The van der Waals surface area contributed by atoms with Crippen LogP contribution >= 0.6 is 0 Å². The lowest BCUT2D eigenvalue weighted by atomic mass is 10.1. The SMILES string of the molecule is CC#CCNc1cc(C(=O)O)cc(CCC)n1. The van der Waals surface area contributed by atoms with E-state index in [1.165, 1.54) is 6.07 Å². The van der Waals surface area contributed by atoms with Crippen LogP contribution in [0, 0.1) is 11.8 Å². The number of aryl methyl sites for hydroxylation is 1. The standard InChI is InChI=1S/C13H16N2O2/c1-3-5-7-14-12-9-10(13(16)17)8-11(15-12)6-4-2/h8-9H,4,6-7H2,1-2H3,(H,14,15)(H,16,17). The van der Waals surface area contributed by atoms with E-state index in [1.54, 1.807) is 13.0 Å². The normalized spacial score (nSPS) is 9.29. The van der Waals surface area contributed by atoms with Gasteiger partial charge in [0.2, 0.25) is 0 Å². The molecule has 0 radical (unpaired) electrons. The molecule has 0 bridgehead atoms. The number of anilines is 1. The predicted octanol–water partition coefficient (Wildman–Crippen LogP) is 2.17. The number of aromatic nitrogens is 1. The molecule has 0 spiro atoms. The third-order valence-electron chi connectivity index (χ3n) is 2.17. The molecule has 90 valence electrons. The Morgan fingerprint density at radius 1 is 1.53 bits per heavy atom. The maximum Gasteiger partial charge on any atom is 0.335 e. The molecule has 0 saturated carbocycles. The summed E-state index contributed by atoms with van der Waals surface area (Å²) in [4.78, 5) is 15.3. The number of carboxylic acid groups (broad SMARTS) is 1. The number of nitrogens with zero attached hydrogens (tertiary/aromatic N) is 1. The Morgan fingerprint density at radius 2 is 2.29 bits per heavy atom. The van der Waals surface area contributed by atoms with Crippen molar-refractivity contribution >= 4 is 11.8 Å². The Balaban J connectivity index is 2.93. The Labute approximate surface area is 101 Å². The van der Waals surface area contributed by atoms with Crippen molar-refractivity contribution in [3.63, 3.8) is 0 Å². The van der Waals surface area contributed by atoms with Crippen molar-refractivity contribution in [2.45, 2.75) is 26.7 Å². The zero-order valence-corrected chi connectivity index (χ0v) is 10.1.